The second-order valence-corrected chi connectivity index (χ2v) is 7.21. The van der Waals surface area contributed by atoms with Gasteiger partial charge in [-0.1, -0.05) is 18.2 Å². The van der Waals surface area contributed by atoms with Crippen LogP contribution < -0.4 is 0 Å². The van der Waals surface area contributed by atoms with Gasteiger partial charge in [0, 0.05) is 38.3 Å². The molecular weight excluding hydrogens is 260 g/mol. The number of rotatable bonds is 3. The molecule has 2 aliphatic heterocycles. The largest absolute Gasteiger partial charge is 0.338 e. The summed E-state index contributed by atoms with van der Waals surface area (Å²) in [6.45, 7) is 5.60. The minimum atomic E-state index is 0.223. The van der Waals surface area contributed by atoms with Crippen molar-refractivity contribution >= 4 is 5.91 Å². The van der Waals surface area contributed by atoms with Crippen LogP contribution >= 0.6 is 0 Å². The van der Waals surface area contributed by atoms with Crippen LogP contribution in [0.15, 0.2) is 30.3 Å². The van der Waals surface area contributed by atoms with Crippen molar-refractivity contribution in [2.45, 2.75) is 19.3 Å². The van der Waals surface area contributed by atoms with E-state index in [-0.39, 0.29) is 5.91 Å². The van der Waals surface area contributed by atoms with E-state index >= 15 is 0 Å². The molecule has 0 N–H and O–H groups in total. The van der Waals surface area contributed by atoms with E-state index in [4.69, 9.17) is 0 Å². The number of hydrogen-bond acceptors (Lipinski definition) is 2. The molecule has 3 fully saturated rings. The van der Waals surface area contributed by atoms with Crippen LogP contribution in [0.4, 0.5) is 0 Å². The van der Waals surface area contributed by atoms with E-state index < -0.39 is 0 Å². The summed E-state index contributed by atoms with van der Waals surface area (Å²) in [4.78, 5) is 17.4. The molecule has 2 atom stereocenters. The molecule has 2 heterocycles. The standard InChI is InChI=1S/C18H24N2O/c21-18(17-4-2-1-3-5-17)20-12-15-8-16(13-20)11-19(10-15)9-14-6-7-14/h1-5,14-16H,6-13H2/t15-,16+. The number of fused-ring (bicyclic) bond motifs is 2. The third-order valence-electron chi connectivity index (χ3n) is 5.18. The molecule has 1 aromatic carbocycles. The number of nitrogens with zero attached hydrogens (tertiary/aromatic N) is 2. The number of carbonyl (C=O) groups is 1. The smallest absolute Gasteiger partial charge is 0.253 e. The lowest BCUT2D eigenvalue weighted by Crippen LogP contribution is -2.54. The van der Waals surface area contributed by atoms with Gasteiger partial charge in [-0.05, 0) is 49.1 Å². The van der Waals surface area contributed by atoms with E-state index in [1.807, 2.05) is 30.3 Å². The van der Waals surface area contributed by atoms with Gasteiger partial charge in [-0.25, -0.2) is 0 Å². The highest BCUT2D eigenvalue weighted by Crippen LogP contribution is 2.34. The first-order valence-corrected chi connectivity index (χ1v) is 8.34. The van der Waals surface area contributed by atoms with E-state index in [0.717, 1.165) is 24.6 Å². The van der Waals surface area contributed by atoms with Crippen molar-refractivity contribution in [1.29, 1.82) is 0 Å². The van der Waals surface area contributed by atoms with E-state index in [9.17, 15) is 4.79 Å². The van der Waals surface area contributed by atoms with Crippen LogP contribution in [0.5, 0.6) is 0 Å². The highest BCUT2D eigenvalue weighted by molar-refractivity contribution is 5.94. The number of benzene rings is 1. The van der Waals surface area contributed by atoms with Gasteiger partial charge >= 0.3 is 0 Å². The van der Waals surface area contributed by atoms with Crippen molar-refractivity contribution in [3.8, 4) is 0 Å². The molecule has 1 amide bonds. The summed E-state index contributed by atoms with van der Waals surface area (Å²) in [5.41, 5.74) is 0.840. The number of carbonyl (C=O) groups excluding carboxylic acids is 1. The first kappa shape index (κ1) is 13.3. The molecule has 4 rings (SSSR count). The van der Waals surface area contributed by atoms with Crippen LogP contribution in [0, 0.1) is 17.8 Å². The van der Waals surface area contributed by atoms with Crippen molar-refractivity contribution in [2.75, 3.05) is 32.7 Å². The van der Waals surface area contributed by atoms with Gasteiger partial charge < -0.3 is 9.80 Å². The Morgan fingerprint density at radius 3 is 2.29 bits per heavy atom. The second kappa shape index (κ2) is 5.45. The van der Waals surface area contributed by atoms with Crippen LogP contribution in [0.3, 0.4) is 0 Å². The number of likely N-dealkylation sites (tertiary alicyclic amines) is 2. The zero-order chi connectivity index (χ0) is 14.2. The molecule has 0 spiro atoms. The van der Waals surface area contributed by atoms with E-state index in [0.29, 0.717) is 11.8 Å². The summed E-state index contributed by atoms with van der Waals surface area (Å²) >= 11 is 0. The van der Waals surface area contributed by atoms with Crippen LogP contribution in [0.1, 0.15) is 29.6 Å². The van der Waals surface area contributed by atoms with Gasteiger partial charge in [-0.2, -0.15) is 0 Å². The lowest BCUT2D eigenvalue weighted by atomic mass is 9.84. The monoisotopic (exact) mass is 284 g/mol. The van der Waals surface area contributed by atoms with Crippen LogP contribution in [-0.2, 0) is 0 Å². The zero-order valence-electron chi connectivity index (χ0n) is 12.6. The van der Waals surface area contributed by atoms with Gasteiger partial charge in [0.15, 0.2) is 0 Å². The predicted molar refractivity (Wildman–Crippen MR) is 83.1 cm³/mol. The maximum absolute atomic E-state index is 12.6. The minimum absolute atomic E-state index is 0.223. The first-order valence-electron chi connectivity index (χ1n) is 8.34. The Kier molecular flexibility index (Phi) is 3.46. The summed E-state index contributed by atoms with van der Waals surface area (Å²) in [5.74, 6) is 2.57. The quantitative estimate of drug-likeness (QED) is 0.851. The molecule has 1 aromatic rings. The van der Waals surface area contributed by atoms with Crippen LogP contribution in [0.25, 0.3) is 0 Å². The molecule has 3 heteroatoms. The normalized spacial score (nSPS) is 29.4. The van der Waals surface area contributed by atoms with Crippen LogP contribution in [0.2, 0.25) is 0 Å². The Morgan fingerprint density at radius 2 is 1.67 bits per heavy atom. The average molecular weight is 284 g/mol. The van der Waals surface area contributed by atoms with Crippen molar-refractivity contribution in [3.63, 3.8) is 0 Å². The lowest BCUT2D eigenvalue weighted by molar-refractivity contribution is 0.0249. The molecule has 0 unspecified atom stereocenters. The van der Waals surface area contributed by atoms with E-state index in [2.05, 4.69) is 9.80 Å². The number of piperidine rings is 2. The van der Waals surface area contributed by atoms with Crippen molar-refractivity contribution in [3.05, 3.63) is 35.9 Å². The van der Waals surface area contributed by atoms with Gasteiger partial charge in [-0.3, -0.25) is 4.79 Å². The second-order valence-electron chi connectivity index (χ2n) is 7.21. The van der Waals surface area contributed by atoms with Gasteiger partial charge in [-0.15, -0.1) is 0 Å². The topological polar surface area (TPSA) is 23.6 Å². The molecule has 3 aliphatic rings. The highest BCUT2D eigenvalue weighted by atomic mass is 16.2. The number of amides is 1. The van der Waals surface area contributed by atoms with Gasteiger partial charge in [0.2, 0.25) is 0 Å². The van der Waals surface area contributed by atoms with Crippen molar-refractivity contribution in [2.24, 2.45) is 17.8 Å². The lowest BCUT2D eigenvalue weighted by Gasteiger charge is -2.46. The fourth-order valence-electron chi connectivity index (χ4n) is 4.13. The molecule has 0 radical (unpaired) electrons. The summed E-state index contributed by atoms with van der Waals surface area (Å²) in [6.07, 6.45) is 4.19. The van der Waals surface area contributed by atoms with E-state index in [1.165, 1.54) is 38.9 Å². The van der Waals surface area contributed by atoms with Crippen molar-refractivity contribution in [1.82, 2.24) is 9.80 Å². The predicted octanol–water partition coefficient (Wildman–Crippen LogP) is 2.49. The molecule has 21 heavy (non-hydrogen) atoms. The molecule has 112 valence electrons. The summed E-state index contributed by atoms with van der Waals surface area (Å²) in [5, 5.41) is 0. The summed E-state index contributed by atoms with van der Waals surface area (Å²) in [7, 11) is 0. The molecule has 0 aromatic heterocycles. The van der Waals surface area contributed by atoms with Crippen LogP contribution in [-0.4, -0.2) is 48.4 Å². The molecule has 2 bridgehead atoms. The Balaban J connectivity index is 1.41. The molecule has 2 saturated heterocycles. The Bertz CT molecular complexity index is 497. The maximum Gasteiger partial charge on any atom is 0.253 e. The fourth-order valence-corrected chi connectivity index (χ4v) is 4.13. The third kappa shape index (κ3) is 2.98. The zero-order valence-corrected chi connectivity index (χ0v) is 12.6. The molecular formula is C18H24N2O. The number of hydrogen-bond donors (Lipinski definition) is 0. The average Bonchev–Trinajstić information content (AvgIpc) is 3.30. The fraction of sp³-hybridized carbons (Fsp3) is 0.611. The van der Waals surface area contributed by atoms with Gasteiger partial charge in [0.05, 0.1) is 0 Å². The summed E-state index contributed by atoms with van der Waals surface area (Å²) < 4.78 is 0. The highest BCUT2D eigenvalue weighted by Gasteiger charge is 2.37. The summed E-state index contributed by atoms with van der Waals surface area (Å²) in [6, 6.07) is 9.75. The molecule has 1 saturated carbocycles. The molecule has 1 aliphatic carbocycles. The van der Waals surface area contributed by atoms with Gasteiger partial charge in [0.1, 0.15) is 0 Å². The SMILES string of the molecule is O=C(c1ccccc1)N1C[C@@H]2C[C@@H](CN(CC3CC3)C2)C1. The maximum atomic E-state index is 12.6. The third-order valence-corrected chi connectivity index (χ3v) is 5.18. The molecule has 3 nitrogen and oxygen atoms in total. The first-order chi connectivity index (χ1) is 10.3. The Hall–Kier alpha value is -1.35. The van der Waals surface area contributed by atoms with E-state index in [1.54, 1.807) is 0 Å². The minimum Gasteiger partial charge on any atom is -0.338 e. The van der Waals surface area contributed by atoms with Crippen molar-refractivity contribution < 1.29 is 4.79 Å². The van der Waals surface area contributed by atoms with Gasteiger partial charge in [0.25, 0.3) is 5.91 Å². The Morgan fingerprint density at radius 1 is 1.00 bits per heavy atom. The Labute approximate surface area is 126 Å².